The summed E-state index contributed by atoms with van der Waals surface area (Å²) in [5.41, 5.74) is 6.41. The van der Waals surface area contributed by atoms with E-state index in [4.69, 9.17) is 13.9 Å². The van der Waals surface area contributed by atoms with Gasteiger partial charge in [0.2, 0.25) is 10.3 Å². The largest absolute Gasteiger partial charge is 0.472 e. The van der Waals surface area contributed by atoms with Gasteiger partial charge in [-0.3, -0.25) is 35.0 Å². The lowest BCUT2D eigenvalue weighted by Gasteiger charge is -2.11. The molecule has 53 heavy (non-hydrogen) atoms. The molecule has 0 fully saturated rings. The van der Waals surface area contributed by atoms with E-state index in [2.05, 4.69) is 51.2 Å². The Morgan fingerprint density at radius 2 is 1.38 bits per heavy atom. The minimum Gasteiger partial charge on any atom is -0.472 e. The number of anilines is 2. The van der Waals surface area contributed by atoms with Crippen LogP contribution in [0.2, 0.25) is 0 Å². The molecular weight excluding hydrogens is 721 g/mol. The van der Waals surface area contributed by atoms with Crippen molar-refractivity contribution in [2.45, 2.75) is 27.2 Å². The lowest BCUT2D eigenvalue weighted by molar-refractivity contribution is 0.101. The second kappa shape index (κ2) is 16.2. The van der Waals surface area contributed by atoms with Gasteiger partial charge in [0, 0.05) is 35.4 Å². The highest BCUT2D eigenvalue weighted by Crippen LogP contribution is 2.30. The Bertz CT molecular complexity index is 2500. The van der Waals surface area contributed by atoms with Crippen LogP contribution in [-0.4, -0.2) is 66.6 Å². The van der Waals surface area contributed by atoms with E-state index in [0.717, 1.165) is 50.9 Å². The van der Waals surface area contributed by atoms with Gasteiger partial charge in [0.1, 0.15) is 5.58 Å². The van der Waals surface area contributed by atoms with E-state index in [1.54, 1.807) is 18.3 Å². The molecule has 0 spiro atoms. The summed E-state index contributed by atoms with van der Waals surface area (Å²) in [6.07, 6.45) is 6.75. The van der Waals surface area contributed by atoms with Gasteiger partial charge in [-0.05, 0) is 90.0 Å². The SMILES string of the molecule is CCc1cc(-c2ccc3occc(=O)c3c2)c(C(=O)Nc2nnc(OC)s2)cn1.COc1nnc(NC(=O)c2cnc(C)cc2-c2cnnc(C)c2)s1. The lowest BCUT2D eigenvalue weighted by atomic mass is 9.98. The molecular formula is C35H30N10O6S2. The number of hydrogen-bond donors (Lipinski definition) is 2. The van der Waals surface area contributed by atoms with Crippen LogP contribution in [0.4, 0.5) is 10.3 Å². The number of aromatic nitrogens is 8. The molecule has 18 heteroatoms. The summed E-state index contributed by atoms with van der Waals surface area (Å²) in [7, 11) is 2.97. The van der Waals surface area contributed by atoms with Crippen LogP contribution in [0.25, 0.3) is 33.2 Å². The van der Waals surface area contributed by atoms with Crippen molar-refractivity contribution in [3.05, 3.63) is 106 Å². The van der Waals surface area contributed by atoms with E-state index in [0.29, 0.717) is 60.3 Å². The summed E-state index contributed by atoms with van der Waals surface area (Å²) in [6.45, 7) is 5.69. The van der Waals surface area contributed by atoms with Crippen LogP contribution in [0.1, 0.15) is 44.7 Å². The number of benzene rings is 1. The zero-order chi connectivity index (χ0) is 37.5. The smallest absolute Gasteiger partial charge is 0.295 e. The fourth-order valence-corrected chi connectivity index (χ4v) is 6.09. The van der Waals surface area contributed by atoms with Gasteiger partial charge < -0.3 is 13.9 Å². The van der Waals surface area contributed by atoms with E-state index in [1.165, 1.54) is 38.9 Å². The number of methoxy groups -OCH3 is 2. The molecule has 16 nitrogen and oxygen atoms in total. The fraction of sp³-hybridized carbons (Fsp3) is 0.171. The Balaban J connectivity index is 0.000000185. The molecule has 0 radical (unpaired) electrons. The number of amides is 2. The Morgan fingerprint density at radius 1 is 0.736 bits per heavy atom. The number of carbonyl (C=O) groups is 2. The maximum Gasteiger partial charge on any atom is 0.295 e. The van der Waals surface area contributed by atoms with Gasteiger partial charge in [0.15, 0.2) is 5.43 Å². The molecule has 6 heterocycles. The molecule has 7 rings (SSSR count). The summed E-state index contributed by atoms with van der Waals surface area (Å²) in [6, 6.07) is 12.2. The molecule has 0 saturated heterocycles. The van der Waals surface area contributed by atoms with E-state index in [9.17, 15) is 14.4 Å². The van der Waals surface area contributed by atoms with Crippen molar-refractivity contribution >= 4 is 55.7 Å². The predicted molar refractivity (Wildman–Crippen MR) is 199 cm³/mol. The van der Waals surface area contributed by atoms with Crippen LogP contribution in [0, 0.1) is 13.8 Å². The average molecular weight is 751 g/mol. The van der Waals surface area contributed by atoms with E-state index < -0.39 is 0 Å². The lowest BCUT2D eigenvalue weighted by Crippen LogP contribution is -2.14. The highest BCUT2D eigenvalue weighted by molar-refractivity contribution is 7.17. The number of pyridine rings is 2. The number of nitrogens with zero attached hydrogens (tertiary/aromatic N) is 8. The Morgan fingerprint density at radius 3 is 1.98 bits per heavy atom. The molecule has 268 valence electrons. The normalized spacial score (nSPS) is 10.7. The topological polar surface area (TPSA) is 210 Å². The third kappa shape index (κ3) is 8.51. The standard InChI is InChI=1S/C20H16N4O4S.C15H14N6O2S/c1-3-12-9-13(11-4-5-17-14(8-11)16(25)6-7-28-17)15(10-21-12)18(26)22-19-23-24-20(27-2)29-19;1-8-5-11(10-4-9(2)19-17-6-10)12(7-16-8)13(22)18-14-20-21-15(23-3)24-14/h4-10H,3H2,1-2H3,(H,22,23,26);4-7H,1-3H3,(H,18,20,22). The monoisotopic (exact) mass is 750 g/mol. The first-order valence-corrected chi connectivity index (χ1v) is 17.4. The molecule has 2 N–H and O–H groups in total. The van der Waals surface area contributed by atoms with Crippen molar-refractivity contribution in [3.8, 4) is 32.6 Å². The van der Waals surface area contributed by atoms with Gasteiger partial charge in [0.25, 0.3) is 22.2 Å². The van der Waals surface area contributed by atoms with Crippen LogP contribution < -0.4 is 25.5 Å². The van der Waals surface area contributed by atoms with Crippen molar-refractivity contribution in [2.75, 3.05) is 24.9 Å². The first-order valence-electron chi connectivity index (χ1n) is 15.8. The van der Waals surface area contributed by atoms with Gasteiger partial charge in [-0.2, -0.15) is 10.2 Å². The van der Waals surface area contributed by atoms with Crippen LogP contribution >= 0.6 is 22.7 Å². The molecule has 0 atom stereocenters. The minimum absolute atomic E-state index is 0.148. The maximum absolute atomic E-state index is 12.9. The van der Waals surface area contributed by atoms with Crippen molar-refractivity contribution in [1.82, 2.24) is 40.6 Å². The number of fused-ring (bicyclic) bond motifs is 1. The second-order valence-corrected chi connectivity index (χ2v) is 13.0. The highest BCUT2D eigenvalue weighted by atomic mass is 32.1. The Kier molecular flexibility index (Phi) is 11.1. The average Bonchev–Trinajstić information content (AvgIpc) is 3.84. The quantitative estimate of drug-likeness (QED) is 0.179. The molecule has 1 aromatic carbocycles. The number of carbonyl (C=O) groups excluding carboxylic acids is 2. The Hall–Kier alpha value is -6.53. The summed E-state index contributed by atoms with van der Waals surface area (Å²) in [5, 5.41) is 30.5. The summed E-state index contributed by atoms with van der Waals surface area (Å²) >= 11 is 2.26. The number of aryl methyl sites for hydroxylation is 3. The molecule has 0 saturated carbocycles. The molecule has 0 aliphatic carbocycles. The zero-order valence-corrected chi connectivity index (χ0v) is 30.5. The van der Waals surface area contributed by atoms with Crippen molar-refractivity contribution in [3.63, 3.8) is 0 Å². The van der Waals surface area contributed by atoms with E-state index in [-0.39, 0.29) is 17.2 Å². The zero-order valence-electron chi connectivity index (χ0n) is 28.9. The summed E-state index contributed by atoms with van der Waals surface area (Å²) < 4.78 is 15.4. The summed E-state index contributed by atoms with van der Waals surface area (Å²) in [4.78, 5) is 46.3. The van der Waals surface area contributed by atoms with Crippen LogP contribution in [0.15, 0.2) is 76.5 Å². The van der Waals surface area contributed by atoms with Crippen LogP contribution in [-0.2, 0) is 6.42 Å². The molecule has 7 aromatic rings. The maximum atomic E-state index is 12.9. The molecule has 0 bridgehead atoms. The number of nitrogens with one attached hydrogen (secondary N) is 2. The first kappa shape index (κ1) is 36.3. The third-order valence-corrected chi connectivity index (χ3v) is 9.11. The number of hydrogen-bond acceptors (Lipinski definition) is 16. The molecule has 0 aliphatic heterocycles. The minimum atomic E-state index is -0.380. The van der Waals surface area contributed by atoms with Crippen LogP contribution in [0.3, 0.4) is 0 Å². The van der Waals surface area contributed by atoms with Gasteiger partial charge >= 0.3 is 0 Å². The number of rotatable bonds is 9. The Labute approximate surface area is 309 Å². The molecule has 0 aliphatic rings. The predicted octanol–water partition coefficient (Wildman–Crippen LogP) is 5.80. The van der Waals surface area contributed by atoms with Gasteiger partial charge in [-0.15, -0.1) is 10.2 Å². The number of ether oxygens (including phenoxy) is 2. The molecule has 0 unspecified atom stereocenters. The van der Waals surface area contributed by atoms with Gasteiger partial charge in [-0.1, -0.05) is 23.2 Å². The van der Waals surface area contributed by atoms with E-state index in [1.807, 2.05) is 45.0 Å². The van der Waals surface area contributed by atoms with Crippen molar-refractivity contribution < 1.29 is 23.5 Å². The van der Waals surface area contributed by atoms with Gasteiger partial charge in [-0.25, -0.2) is 0 Å². The second-order valence-electron chi connectivity index (χ2n) is 11.1. The van der Waals surface area contributed by atoms with E-state index >= 15 is 0 Å². The third-order valence-electron chi connectivity index (χ3n) is 7.51. The van der Waals surface area contributed by atoms with Crippen molar-refractivity contribution in [1.29, 1.82) is 0 Å². The highest BCUT2D eigenvalue weighted by Gasteiger charge is 2.19. The molecule has 2 amide bonds. The fourth-order valence-electron chi connectivity index (χ4n) is 4.98. The molecule has 6 aromatic heterocycles. The first-order chi connectivity index (χ1) is 25.6. The van der Waals surface area contributed by atoms with Crippen molar-refractivity contribution in [2.24, 2.45) is 0 Å². The summed E-state index contributed by atoms with van der Waals surface area (Å²) in [5.74, 6) is -0.708. The van der Waals surface area contributed by atoms with Gasteiger partial charge in [0.05, 0.1) is 48.9 Å². The van der Waals surface area contributed by atoms with Crippen LogP contribution in [0.5, 0.6) is 10.4 Å².